The van der Waals surface area contributed by atoms with E-state index in [0.717, 1.165) is 10.7 Å². The Morgan fingerprint density at radius 2 is 2.28 bits per heavy atom. The topological polar surface area (TPSA) is 68.9 Å². The van der Waals surface area contributed by atoms with Gasteiger partial charge in [0.1, 0.15) is 0 Å². The van der Waals surface area contributed by atoms with E-state index in [1.807, 2.05) is 12.3 Å². The Kier molecular flexibility index (Phi) is 3.75. The molecular formula is C10H9F2N3O2S. The molecule has 0 aliphatic heterocycles. The highest BCUT2D eigenvalue weighted by atomic mass is 32.1. The fourth-order valence-corrected chi connectivity index (χ4v) is 1.92. The Balaban J connectivity index is 2.00. The molecule has 0 unspecified atom stereocenters. The average Bonchev–Trinajstić information content (AvgIpc) is 2.89. The maximum absolute atomic E-state index is 12.0. The standard InChI is InChI=1S/C10H9F2N3O2S/c1-5-13-6(4-18-5)2-8-14-9(17-15-8)3-7(16)10(11)12/h4,10H,2-3H2,1H3. The third kappa shape index (κ3) is 3.16. The summed E-state index contributed by atoms with van der Waals surface area (Å²) in [5, 5.41) is 6.39. The van der Waals surface area contributed by atoms with E-state index in [2.05, 4.69) is 15.1 Å². The van der Waals surface area contributed by atoms with Gasteiger partial charge in [-0.05, 0) is 6.92 Å². The van der Waals surface area contributed by atoms with Crippen LogP contribution in [0.1, 0.15) is 22.4 Å². The number of hydrogen-bond acceptors (Lipinski definition) is 6. The zero-order valence-electron chi connectivity index (χ0n) is 9.39. The monoisotopic (exact) mass is 273 g/mol. The quantitative estimate of drug-likeness (QED) is 0.830. The molecule has 2 aromatic rings. The van der Waals surface area contributed by atoms with Crippen molar-refractivity contribution in [2.45, 2.75) is 26.2 Å². The van der Waals surface area contributed by atoms with Crippen LogP contribution in [0.5, 0.6) is 0 Å². The van der Waals surface area contributed by atoms with Crippen molar-refractivity contribution in [3.63, 3.8) is 0 Å². The highest BCUT2D eigenvalue weighted by molar-refractivity contribution is 7.09. The predicted octanol–water partition coefficient (Wildman–Crippen LogP) is 1.80. The van der Waals surface area contributed by atoms with Gasteiger partial charge in [-0.15, -0.1) is 11.3 Å². The molecule has 0 aliphatic carbocycles. The number of halogens is 2. The predicted molar refractivity (Wildman–Crippen MR) is 58.7 cm³/mol. The van der Waals surface area contributed by atoms with Crippen LogP contribution in [0.4, 0.5) is 8.78 Å². The van der Waals surface area contributed by atoms with Gasteiger partial charge in [-0.2, -0.15) is 4.98 Å². The lowest BCUT2D eigenvalue weighted by Crippen LogP contribution is -2.13. The van der Waals surface area contributed by atoms with Crippen molar-refractivity contribution >= 4 is 17.1 Å². The van der Waals surface area contributed by atoms with Crippen LogP contribution in [0.15, 0.2) is 9.90 Å². The van der Waals surface area contributed by atoms with E-state index >= 15 is 0 Å². The number of hydrogen-bond donors (Lipinski definition) is 0. The number of carbonyl (C=O) groups excluding carboxylic acids is 1. The number of ketones is 1. The molecule has 0 atom stereocenters. The molecule has 2 heterocycles. The first-order valence-corrected chi connectivity index (χ1v) is 5.96. The zero-order chi connectivity index (χ0) is 13.1. The maximum atomic E-state index is 12.0. The van der Waals surface area contributed by atoms with Gasteiger partial charge >= 0.3 is 0 Å². The van der Waals surface area contributed by atoms with E-state index in [4.69, 9.17) is 4.52 Å². The first kappa shape index (κ1) is 12.7. The Morgan fingerprint density at radius 3 is 2.89 bits per heavy atom. The number of rotatable bonds is 5. The zero-order valence-corrected chi connectivity index (χ0v) is 10.2. The minimum Gasteiger partial charge on any atom is -0.339 e. The second-order valence-corrected chi connectivity index (χ2v) is 4.64. The number of nitrogens with zero attached hydrogens (tertiary/aromatic N) is 3. The number of aryl methyl sites for hydroxylation is 1. The van der Waals surface area contributed by atoms with Crippen molar-refractivity contribution in [1.82, 2.24) is 15.1 Å². The fraction of sp³-hybridized carbons (Fsp3) is 0.400. The van der Waals surface area contributed by atoms with Crippen molar-refractivity contribution in [2.75, 3.05) is 0 Å². The molecule has 5 nitrogen and oxygen atoms in total. The third-order valence-corrected chi connectivity index (χ3v) is 2.91. The number of aromatic nitrogens is 3. The van der Waals surface area contributed by atoms with Crippen LogP contribution >= 0.6 is 11.3 Å². The minimum atomic E-state index is -3.01. The van der Waals surface area contributed by atoms with Crippen LogP contribution in [-0.4, -0.2) is 27.3 Å². The van der Waals surface area contributed by atoms with E-state index in [0.29, 0.717) is 12.2 Å². The summed E-state index contributed by atoms with van der Waals surface area (Å²) in [7, 11) is 0. The van der Waals surface area contributed by atoms with Gasteiger partial charge in [0.05, 0.1) is 23.5 Å². The first-order valence-electron chi connectivity index (χ1n) is 5.08. The highest BCUT2D eigenvalue weighted by Crippen LogP contribution is 2.12. The van der Waals surface area contributed by atoms with Gasteiger partial charge in [0.25, 0.3) is 6.43 Å². The van der Waals surface area contributed by atoms with Crippen molar-refractivity contribution in [3.8, 4) is 0 Å². The van der Waals surface area contributed by atoms with Crippen LogP contribution < -0.4 is 0 Å². The molecule has 0 aliphatic rings. The molecule has 18 heavy (non-hydrogen) atoms. The van der Waals surface area contributed by atoms with E-state index in [1.165, 1.54) is 11.3 Å². The normalized spacial score (nSPS) is 11.1. The van der Waals surface area contributed by atoms with Gasteiger partial charge in [-0.25, -0.2) is 13.8 Å². The van der Waals surface area contributed by atoms with Gasteiger partial charge in [0.15, 0.2) is 5.82 Å². The summed E-state index contributed by atoms with van der Waals surface area (Å²) in [5.41, 5.74) is 0.782. The van der Waals surface area contributed by atoms with E-state index in [1.54, 1.807) is 0 Å². The van der Waals surface area contributed by atoms with Gasteiger partial charge in [0.2, 0.25) is 11.7 Å². The second-order valence-electron chi connectivity index (χ2n) is 3.58. The average molecular weight is 273 g/mol. The largest absolute Gasteiger partial charge is 0.339 e. The molecule has 0 aromatic carbocycles. The molecule has 0 N–H and O–H groups in total. The summed E-state index contributed by atoms with van der Waals surface area (Å²) >= 11 is 1.49. The second kappa shape index (κ2) is 5.30. The molecule has 0 spiro atoms. The summed E-state index contributed by atoms with van der Waals surface area (Å²) in [6.45, 7) is 1.87. The third-order valence-electron chi connectivity index (χ3n) is 2.08. The summed E-state index contributed by atoms with van der Waals surface area (Å²) in [6, 6.07) is 0. The Morgan fingerprint density at radius 1 is 1.50 bits per heavy atom. The number of alkyl halides is 2. The van der Waals surface area contributed by atoms with Gasteiger partial charge in [0, 0.05) is 5.38 Å². The molecule has 2 rings (SSSR count). The van der Waals surface area contributed by atoms with Crippen molar-refractivity contribution in [3.05, 3.63) is 27.8 Å². The van der Waals surface area contributed by atoms with Gasteiger partial charge in [-0.1, -0.05) is 5.16 Å². The molecule has 2 aromatic heterocycles. The van der Waals surface area contributed by atoms with E-state index in [9.17, 15) is 13.6 Å². The van der Waals surface area contributed by atoms with Gasteiger partial charge < -0.3 is 4.52 Å². The molecule has 8 heteroatoms. The lowest BCUT2D eigenvalue weighted by molar-refractivity contribution is -0.129. The summed E-state index contributed by atoms with van der Waals surface area (Å²) in [4.78, 5) is 18.9. The lowest BCUT2D eigenvalue weighted by Gasteiger charge is -1.92. The van der Waals surface area contributed by atoms with Crippen molar-refractivity contribution in [2.24, 2.45) is 0 Å². The van der Waals surface area contributed by atoms with Crippen LogP contribution in [0.3, 0.4) is 0 Å². The van der Waals surface area contributed by atoms with Crippen molar-refractivity contribution < 1.29 is 18.1 Å². The van der Waals surface area contributed by atoms with Crippen molar-refractivity contribution in [1.29, 1.82) is 0 Å². The van der Waals surface area contributed by atoms with Crippen LogP contribution in [-0.2, 0) is 17.6 Å². The molecule has 96 valence electrons. The number of thiazole rings is 1. The smallest absolute Gasteiger partial charge is 0.296 e. The molecule has 0 bridgehead atoms. The molecule has 0 saturated heterocycles. The Bertz CT molecular complexity index is 553. The molecule has 0 fully saturated rings. The Hall–Kier alpha value is -1.70. The molecule has 0 amide bonds. The molecule has 0 saturated carbocycles. The van der Waals surface area contributed by atoms with Crippen LogP contribution in [0, 0.1) is 6.92 Å². The Labute approximate surface area is 105 Å². The van der Waals surface area contributed by atoms with Crippen LogP contribution in [0.25, 0.3) is 0 Å². The minimum absolute atomic E-state index is 0.0951. The number of carbonyl (C=O) groups is 1. The van der Waals surface area contributed by atoms with E-state index < -0.39 is 18.6 Å². The summed E-state index contributed by atoms with van der Waals surface area (Å²) in [6.07, 6.45) is -3.20. The maximum Gasteiger partial charge on any atom is 0.296 e. The van der Waals surface area contributed by atoms with Crippen LogP contribution in [0.2, 0.25) is 0 Å². The molecule has 0 radical (unpaired) electrons. The van der Waals surface area contributed by atoms with E-state index in [-0.39, 0.29) is 5.89 Å². The summed E-state index contributed by atoms with van der Waals surface area (Å²) in [5.74, 6) is -0.991. The fourth-order valence-electron chi connectivity index (χ4n) is 1.31. The van der Waals surface area contributed by atoms with Gasteiger partial charge in [-0.3, -0.25) is 4.79 Å². The highest BCUT2D eigenvalue weighted by Gasteiger charge is 2.19. The molecular weight excluding hydrogens is 264 g/mol. The number of Topliss-reactive ketones (excluding diaryl/α,β-unsaturated/α-hetero) is 1. The lowest BCUT2D eigenvalue weighted by atomic mass is 10.3. The first-order chi connectivity index (χ1) is 8.54. The summed E-state index contributed by atoms with van der Waals surface area (Å²) < 4.78 is 28.8. The SMILES string of the molecule is Cc1nc(Cc2noc(CC(=O)C(F)F)n2)cs1.